The van der Waals surface area contributed by atoms with Gasteiger partial charge in [-0.2, -0.15) is 0 Å². The van der Waals surface area contributed by atoms with Gasteiger partial charge in [-0.25, -0.2) is 4.79 Å². The fourth-order valence-corrected chi connectivity index (χ4v) is 3.01. The first-order valence-corrected chi connectivity index (χ1v) is 8.67. The molecule has 0 atom stereocenters. The highest BCUT2D eigenvalue weighted by Gasteiger charge is 2.12. The van der Waals surface area contributed by atoms with E-state index in [0.717, 1.165) is 25.1 Å². The smallest absolute Gasteiger partial charge is 0.348 e. The van der Waals surface area contributed by atoms with Gasteiger partial charge in [0, 0.05) is 24.8 Å². The van der Waals surface area contributed by atoms with Crippen LogP contribution in [0.4, 0.5) is 10.7 Å². The van der Waals surface area contributed by atoms with Gasteiger partial charge in [0.1, 0.15) is 4.88 Å². The van der Waals surface area contributed by atoms with Gasteiger partial charge < -0.3 is 15.0 Å². The van der Waals surface area contributed by atoms with Crippen LogP contribution >= 0.6 is 11.3 Å². The van der Waals surface area contributed by atoms with Crippen molar-refractivity contribution in [2.45, 2.75) is 19.8 Å². The number of hydrogen-bond donors (Lipinski definition) is 1. The van der Waals surface area contributed by atoms with E-state index in [-0.39, 0.29) is 5.91 Å². The van der Waals surface area contributed by atoms with E-state index in [1.807, 2.05) is 31.3 Å². The van der Waals surface area contributed by atoms with Crippen LogP contribution < -0.4 is 10.2 Å². The largest absolute Gasteiger partial charge is 0.465 e. The number of unbranched alkanes of at least 4 members (excludes halogenated alkanes) is 1. The van der Waals surface area contributed by atoms with Crippen LogP contribution in [0.15, 0.2) is 36.4 Å². The Kier molecular flexibility index (Phi) is 6.37. The maximum absolute atomic E-state index is 12.3. The van der Waals surface area contributed by atoms with Crippen molar-refractivity contribution in [3.63, 3.8) is 0 Å². The van der Waals surface area contributed by atoms with Gasteiger partial charge >= 0.3 is 5.97 Å². The number of hydrogen-bond acceptors (Lipinski definition) is 5. The van der Waals surface area contributed by atoms with Gasteiger partial charge in [0.05, 0.1) is 12.1 Å². The molecule has 128 valence electrons. The molecule has 1 aromatic heterocycles. The molecule has 0 spiro atoms. The summed E-state index contributed by atoms with van der Waals surface area (Å²) in [5.74, 6) is -0.601. The number of amides is 1. The van der Waals surface area contributed by atoms with Gasteiger partial charge in [-0.3, -0.25) is 4.79 Å². The van der Waals surface area contributed by atoms with Gasteiger partial charge in [0.25, 0.3) is 5.91 Å². The van der Waals surface area contributed by atoms with Crippen LogP contribution in [0.3, 0.4) is 0 Å². The minimum absolute atomic E-state index is 0.198. The molecule has 0 fully saturated rings. The molecule has 6 heteroatoms. The number of anilines is 2. The van der Waals surface area contributed by atoms with Gasteiger partial charge in [0.15, 0.2) is 0 Å². The maximum atomic E-state index is 12.3. The normalized spacial score (nSPS) is 10.3. The third-order valence-corrected chi connectivity index (χ3v) is 4.63. The average Bonchev–Trinajstić information content (AvgIpc) is 3.07. The lowest BCUT2D eigenvalue weighted by Crippen LogP contribution is -2.18. The number of carbonyl (C=O) groups is 2. The Morgan fingerprint density at radius 2 is 1.88 bits per heavy atom. The molecule has 1 amide bonds. The predicted octanol–water partition coefficient (Wildman–Crippen LogP) is 4.02. The molecular weight excluding hydrogens is 324 g/mol. The standard InChI is InChI=1S/C18H22N2O3S/c1-4-5-12-20(2)14-8-6-13(7-9-14)17(21)19-16-11-10-15(24-16)18(22)23-3/h6-11H,4-5,12H2,1-3H3,(H,19,21). The molecule has 1 heterocycles. The van der Waals surface area contributed by atoms with Gasteiger partial charge in [-0.15, -0.1) is 11.3 Å². The number of nitrogens with one attached hydrogen (secondary N) is 1. The van der Waals surface area contributed by atoms with Crippen LogP contribution in [0.1, 0.15) is 39.8 Å². The summed E-state index contributed by atoms with van der Waals surface area (Å²) in [5.41, 5.74) is 1.67. The summed E-state index contributed by atoms with van der Waals surface area (Å²) in [6, 6.07) is 10.8. The van der Waals surface area contributed by atoms with Gasteiger partial charge in [0.2, 0.25) is 0 Å². The van der Waals surface area contributed by atoms with Crippen molar-refractivity contribution >= 4 is 33.9 Å². The second-order valence-corrected chi connectivity index (χ2v) is 6.52. The summed E-state index contributed by atoms with van der Waals surface area (Å²) >= 11 is 1.19. The monoisotopic (exact) mass is 346 g/mol. The van der Waals surface area contributed by atoms with Crippen molar-refractivity contribution < 1.29 is 14.3 Å². The lowest BCUT2D eigenvalue weighted by molar-refractivity contribution is 0.0606. The lowest BCUT2D eigenvalue weighted by atomic mass is 10.2. The van der Waals surface area contributed by atoms with Gasteiger partial charge in [-0.1, -0.05) is 13.3 Å². The highest BCUT2D eigenvalue weighted by atomic mass is 32.1. The molecule has 2 aromatic rings. The first-order chi connectivity index (χ1) is 11.5. The number of esters is 1. The fraction of sp³-hybridized carbons (Fsp3) is 0.333. The third-order valence-electron chi connectivity index (χ3n) is 3.65. The topological polar surface area (TPSA) is 58.6 Å². The molecule has 24 heavy (non-hydrogen) atoms. The van der Waals surface area contributed by atoms with Gasteiger partial charge in [-0.05, 0) is 42.8 Å². The minimum atomic E-state index is -0.403. The predicted molar refractivity (Wildman–Crippen MR) is 98.2 cm³/mol. The van der Waals surface area contributed by atoms with Crippen LogP contribution in [0.25, 0.3) is 0 Å². The molecule has 0 radical (unpaired) electrons. The van der Waals surface area contributed by atoms with Crippen molar-refractivity contribution in [2.24, 2.45) is 0 Å². The van der Waals surface area contributed by atoms with E-state index in [1.165, 1.54) is 18.4 Å². The Morgan fingerprint density at radius 3 is 2.50 bits per heavy atom. The van der Waals surface area contributed by atoms with Crippen molar-refractivity contribution in [2.75, 3.05) is 30.9 Å². The van der Waals surface area contributed by atoms with E-state index in [0.29, 0.717) is 15.4 Å². The molecular formula is C18H22N2O3S. The number of thiophene rings is 1. The second kappa shape index (κ2) is 8.49. The zero-order valence-corrected chi connectivity index (χ0v) is 15.0. The number of nitrogens with zero attached hydrogens (tertiary/aromatic N) is 1. The summed E-state index contributed by atoms with van der Waals surface area (Å²) in [6.45, 7) is 3.16. The Hall–Kier alpha value is -2.34. The van der Waals surface area contributed by atoms with Crippen LogP contribution in [-0.2, 0) is 4.74 Å². The molecule has 0 aliphatic rings. The maximum Gasteiger partial charge on any atom is 0.348 e. The Morgan fingerprint density at radius 1 is 1.17 bits per heavy atom. The number of benzene rings is 1. The van der Waals surface area contributed by atoms with Crippen LogP contribution in [-0.4, -0.2) is 32.6 Å². The molecule has 0 aliphatic heterocycles. The zero-order chi connectivity index (χ0) is 17.5. The van der Waals surface area contributed by atoms with E-state index >= 15 is 0 Å². The highest BCUT2D eigenvalue weighted by Crippen LogP contribution is 2.23. The Balaban J connectivity index is 1.99. The molecule has 0 unspecified atom stereocenters. The highest BCUT2D eigenvalue weighted by molar-refractivity contribution is 7.18. The van der Waals surface area contributed by atoms with E-state index < -0.39 is 5.97 Å². The summed E-state index contributed by atoms with van der Waals surface area (Å²) in [7, 11) is 3.38. The quantitative estimate of drug-likeness (QED) is 0.769. The number of ether oxygens (including phenoxy) is 1. The number of methoxy groups -OCH3 is 1. The van der Waals surface area contributed by atoms with E-state index in [4.69, 9.17) is 0 Å². The molecule has 0 aliphatic carbocycles. The Bertz CT molecular complexity index is 695. The Labute approximate surface area is 146 Å². The van der Waals surface area contributed by atoms with Crippen LogP contribution in [0, 0.1) is 0 Å². The SMILES string of the molecule is CCCCN(C)c1ccc(C(=O)Nc2ccc(C(=O)OC)s2)cc1. The summed E-state index contributed by atoms with van der Waals surface area (Å²) in [6.07, 6.45) is 2.29. The molecule has 0 bridgehead atoms. The third kappa shape index (κ3) is 4.58. The molecule has 0 saturated carbocycles. The molecule has 5 nitrogen and oxygen atoms in total. The van der Waals surface area contributed by atoms with E-state index in [1.54, 1.807) is 12.1 Å². The van der Waals surface area contributed by atoms with Crippen molar-refractivity contribution in [1.82, 2.24) is 0 Å². The molecule has 0 saturated heterocycles. The first-order valence-electron chi connectivity index (χ1n) is 7.86. The van der Waals surface area contributed by atoms with Crippen molar-refractivity contribution in [1.29, 1.82) is 0 Å². The summed E-state index contributed by atoms with van der Waals surface area (Å²) in [5, 5.41) is 3.41. The van der Waals surface area contributed by atoms with Crippen LogP contribution in [0.5, 0.6) is 0 Å². The first kappa shape index (κ1) is 18.0. The number of carbonyl (C=O) groups excluding carboxylic acids is 2. The molecule has 2 rings (SSSR count). The van der Waals surface area contributed by atoms with Crippen LogP contribution in [0.2, 0.25) is 0 Å². The summed E-state index contributed by atoms with van der Waals surface area (Å²) in [4.78, 5) is 26.3. The van der Waals surface area contributed by atoms with Crippen molar-refractivity contribution in [3.05, 3.63) is 46.8 Å². The average molecular weight is 346 g/mol. The summed E-state index contributed by atoms with van der Waals surface area (Å²) < 4.78 is 4.66. The lowest BCUT2D eigenvalue weighted by Gasteiger charge is -2.19. The van der Waals surface area contributed by atoms with Crippen molar-refractivity contribution in [3.8, 4) is 0 Å². The molecule has 1 N–H and O–H groups in total. The van der Waals surface area contributed by atoms with E-state index in [9.17, 15) is 9.59 Å². The van der Waals surface area contributed by atoms with E-state index in [2.05, 4.69) is 21.9 Å². The fourth-order valence-electron chi connectivity index (χ4n) is 2.19. The molecule has 1 aromatic carbocycles. The zero-order valence-electron chi connectivity index (χ0n) is 14.2. The minimum Gasteiger partial charge on any atom is -0.465 e. The number of rotatable bonds is 7. The second-order valence-electron chi connectivity index (χ2n) is 5.43.